The fourth-order valence-corrected chi connectivity index (χ4v) is 2.52. The molecule has 1 aromatic heterocycles. The number of benzene rings is 1. The Morgan fingerprint density at radius 3 is 2.71 bits per heavy atom. The third-order valence-electron chi connectivity index (χ3n) is 3.84. The highest BCUT2D eigenvalue weighted by Crippen LogP contribution is 2.17. The maximum Gasteiger partial charge on any atom is 0.271 e. The predicted octanol–water partition coefficient (Wildman–Crippen LogP) is 2.02. The Bertz CT molecular complexity index is 769. The van der Waals surface area contributed by atoms with Gasteiger partial charge in [-0.2, -0.15) is 5.10 Å². The first kappa shape index (κ1) is 17.6. The Kier molecular flexibility index (Phi) is 5.30. The lowest BCUT2D eigenvalue weighted by molar-refractivity contribution is -0.384. The SMILES string of the molecule is Cc1nn(C)c(C)c1CN(C)CC(=O)Nc1cccc([N+](=O)[O-])c1. The van der Waals surface area contributed by atoms with Crippen molar-refractivity contribution in [3.05, 3.63) is 51.3 Å². The minimum absolute atomic E-state index is 0.0530. The third kappa shape index (κ3) is 4.17. The van der Waals surface area contributed by atoms with Crippen molar-refractivity contribution < 1.29 is 9.72 Å². The molecule has 0 aliphatic heterocycles. The number of amides is 1. The number of aryl methyl sites for hydroxylation is 2. The summed E-state index contributed by atoms with van der Waals surface area (Å²) in [5, 5.41) is 17.8. The van der Waals surface area contributed by atoms with Gasteiger partial charge in [0.25, 0.3) is 5.69 Å². The number of nitro benzene ring substituents is 1. The van der Waals surface area contributed by atoms with Crippen LogP contribution in [0.25, 0.3) is 0 Å². The molecule has 0 saturated heterocycles. The Balaban J connectivity index is 1.97. The maximum absolute atomic E-state index is 12.1. The van der Waals surface area contributed by atoms with E-state index in [2.05, 4.69) is 10.4 Å². The topological polar surface area (TPSA) is 93.3 Å². The number of carbonyl (C=O) groups excluding carboxylic acids is 1. The van der Waals surface area contributed by atoms with Gasteiger partial charge < -0.3 is 5.32 Å². The van der Waals surface area contributed by atoms with Crippen LogP contribution in [0.5, 0.6) is 0 Å². The van der Waals surface area contributed by atoms with Gasteiger partial charge in [-0.1, -0.05) is 6.07 Å². The summed E-state index contributed by atoms with van der Waals surface area (Å²) >= 11 is 0. The molecule has 0 atom stereocenters. The summed E-state index contributed by atoms with van der Waals surface area (Å²) in [4.78, 5) is 24.3. The smallest absolute Gasteiger partial charge is 0.271 e. The molecule has 0 saturated carbocycles. The fraction of sp³-hybridized carbons (Fsp3) is 0.375. The largest absolute Gasteiger partial charge is 0.325 e. The molecule has 0 spiro atoms. The second kappa shape index (κ2) is 7.22. The molecule has 0 aliphatic rings. The van der Waals surface area contributed by atoms with E-state index in [1.165, 1.54) is 12.1 Å². The van der Waals surface area contributed by atoms with Crippen LogP contribution in [0.4, 0.5) is 11.4 Å². The molecule has 0 bridgehead atoms. The fourth-order valence-electron chi connectivity index (χ4n) is 2.52. The molecule has 0 radical (unpaired) electrons. The van der Waals surface area contributed by atoms with Crippen LogP contribution in [0.2, 0.25) is 0 Å². The summed E-state index contributed by atoms with van der Waals surface area (Å²) < 4.78 is 1.82. The van der Waals surface area contributed by atoms with E-state index < -0.39 is 4.92 Å². The van der Waals surface area contributed by atoms with E-state index in [9.17, 15) is 14.9 Å². The molecular formula is C16H21N5O3. The Labute approximate surface area is 140 Å². The van der Waals surface area contributed by atoms with E-state index in [-0.39, 0.29) is 18.1 Å². The van der Waals surface area contributed by atoms with Crippen molar-refractivity contribution in [2.24, 2.45) is 7.05 Å². The van der Waals surface area contributed by atoms with Crippen LogP contribution in [-0.2, 0) is 18.4 Å². The summed E-state index contributed by atoms with van der Waals surface area (Å²) in [6.07, 6.45) is 0. The number of likely N-dealkylation sites (N-methyl/N-ethyl adjacent to an activating group) is 1. The summed E-state index contributed by atoms with van der Waals surface area (Å²) in [5.74, 6) is -0.225. The van der Waals surface area contributed by atoms with Gasteiger partial charge in [0.05, 0.1) is 17.2 Å². The average Bonchev–Trinajstić information content (AvgIpc) is 2.73. The molecule has 1 N–H and O–H groups in total. The van der Waals surface area contributed by atoms with E-state index in [0.717, 1.165) is 17.0 Å². The van der Waals surface area contributed by atoms with Crippen LogP contribution >= 0.6 is 0 Å². The maximum atomic E-state index is 12.1. The van der Waals surface area contributed by atoms with Crippen LogP contribution in [0.1, 0.15) is 17.0 Å². The number of aromatic nitrogens is 2. The highest BCUT2D eigenvalue weighted by atomic mass is 16.6. The molecule has 24 heavy (non-hydrogen) atoms. The molecule has 128 valence electrons. The Morgan fingerprint density at radius 1 is 1.42 bits per heavy atom. The van der Waals surface area contributed by atoms with Crippen LogP contribution in [-0.4, -0.2) is 39.1 Å². The zero-order chi connectivity index (χ0) is 17.9. The lowest BCUT2D eigenvalue weighted by atomic mass is 10.2. The van der Waals surface area contributed by atoms with Crippen LogP contribution in [0.15, 0.2) is 24.3 Å². The van der Waals surface area contributed by atoms with Crippen LogP contribution in [0.3, 0.4) is 0 Å². The summed E-state index contributed by atoms with van der Waals surface area (Å²) in [7, 11) is 3.74. The molecule has 2 aromatic rings. The van der Waals surface area contributed by atoms with Gasteiger partial charge in [-0.25, -0.2) is 0 Å². The quantitative estimate of drug-likeness (QED) is 0.645. The lowest BCUT2D eigenvalue weighted by Gasteiger charge is -2.16. The highest BCUT2D eigenvalue weighted by Gasteiger charge is 2.14. The van der Waals surface area contributed by atoms with E-state index in [1.54, 1.807) is 12.1 Å². The molecule has 0 aliphatic carbocycles. The van der Waals surface area contributed by atoms with Gasteiger partial charge in [-0.05, 0) is 27.0 Å². The number of nitro groups is 1. The second-order valence-corrected chi connectivity index (χ2v) is 5.80. The van der Waals surface area contributed by atoms with Gasteiger partial charge in [0, 0.05) is 42.7 Å². The number of hydrogen-bond acceptors (Lipinski definition) is 5. The molecule has 0 fully saturated rings. The molecule has 2 rings (SSSR count). The summed E-state index contributed by atoms with van der Waals surface area (Å²) in [5.41, 5.74) is 3.47. The van der Waals surface area contributed by atoms with Crippen molar-refractivity contribution in [2.45, 2.75) is 20.4 Å². The first-order valence-electron chi connectivity index (χ1n) is 7.50. The molecule has 8 heteroatoms. The molecule has 8 nitrogen and oxygen atoms in total. The Hall–Kier alpha value is -2.74. The van der Waals surface area contributed by atoms with E-state index in [0.29, 0.717) is 12.2 Å². The third-order valence-corrected chi connectivity index (χ3v) is 3.84. The molecule has 0 unspecified atom stereocenters. The van der Waals surface area contributed by atoms with Crippen LogP contribution in [0, 0.1) is 24.0 Å². The van der Waals surface area contributed by atoms with Crippen molar-refractivity contribution in [3.63, 3.8) is 0 Å². The number of nitrogens with one attached hydrogen (secondary N) is 1. The molecule has 1 amide bonds. The van der Waals surface area contributed by atoms with Crippen molar-refractivity contribution in [1.82, 2.24) is 14.7 Å². The zero-order valence-electron chi connectivity index (χ0n) is 14.2. The Morgan fingerprint density at radius 2 is 2.12 bits per heavy atom. The van der Waals surface area contributed by atoms with Gasteiger partial charge in [0.1, 0.15) is 0 Å². The van der Waals surface area contributed by atoms with Gasteiger partial charge in [0.15, 0.2) is 0 Å². The monoisotopic (exact) mass is 331 g/mol. The van der Waals surface area contributed by atoms with E-state index in [1.807, 2.05) is 37.5 Å². The van der Waals surface area contributed by atoms with Crippen molar-refractivity contribution >= 4 is 17.3 Å². The molecule has 1 aromatic carbocycles. The van der Waals surface area contributed by atoms with E-state index in [4.69, 9.17) is 0 Å². The molecular weight excluding hydrogens is 310 g/mol. The van der Waals surface area contributed by atoms with E-state index >= 15 is 0 Å². The minimum atomic E-state index is -0.490. The minimum Gasteiger partial charge on any atom is -0.325 e. The highest BCUT2D eigenvalue weighted by molar-refractivity contribution is 5.92. The zero-order valence-corrected chi connectivity index (χ0v) is 14.2. The first-order valence-corrected chi connectivity index (χ1v) is 7.50. The van der Waals surface area contributed by atoms with Gasteiger partial charge in [0.2, 0.25) is 5.91 Å². The number of carbonyl (C=O) groups is 1. The van der Waals surface area contributed by atoms with Crippen molar-refractivity contribution in [1.29, 1.82) is 0 Å². The standard InChI is InChI=1S/C16H21N5O3/c1-11-15(12(2)20(4)18-11)9-19(3)10-16(22)17-13-6-5-7-14(8-13)21(23)24/h5-8H,9-10H2,1-4H3,(H,17,22). The number of nitrogens with zero attached hydrogens (tertiary/aromatic N) is 4. The van der Waals surface area contributed by atoms with Gasteiger partial charge in [-0.3, -0.25) is 24.5 Å². The van der Waals surface area contributed by atoms with Crippen molar-refractivity contribution in [2.75, 3.05) is 18.9 Å². The average molecular weight is 331 g/mol. The first-order chi connectivity index (χ1) is 11.3. The van der Waals surface area contributed by atoms with Gasteiger partial charge in [-0.15, -0.1) is 0 Å². The van der Waals surface area contributed by atoms with Gasteiger partial charge >= 0.3 is 0 Å². The summed E-state index contributed by atoms with van der Waals surface area (Å²) in [6.45, 7) is 4.72. The normalized spacial score (nSPS) is 10.9. The molecule has 1 heterocycles. The lowest BCUT2D eigenvalue weighted by Crippen LogP contribution is -2.30. The number of hydrogen-bond donors (Lipinski definition) is 1. The second-order valence-electron chi connectivity index (χ2n) is 5.80. The number of anilines is 1. The van der Waals surface area contributed by atoms with Crippen molar-refractivity contribution in [3.8, 4) is 0 Å². The predicted molar refractivity (Wildman–Crippen MR) is 90.7 cm³/mol. The summed E-state index contributed by atoms with van der Waals surface area (Å²) in [6, 6.07) is 5.89. The van der Waals surface area contributed by atoms with Crippen LogP contribution < -0.4 is 5.32 Å². The number of non-ortho nitro benzene ring substituents is 1. The number of rotatable bonds is 6.